The Kier molecular flexibility index (Phi) is 11.6. The number of rotatable bonds is 7. The van der Waals surface area contributed by atoms with Crippen molar-refractivity contribution in [2.45, 2.75) is 40.5 Å². The number of aryl methyl sites for hydroxylation is 2. The molecule has 0 aliphatic carbocycles. The van der Waals surface area contributed by atoms with Crippen molar-refractivity contribution in [3.63, 3.8) is 0 Å². The van der Waals surface area contributed by atoms with Crippen LogP contribution in [0.25, 0.3) is 53.6 Å². The van der Waals surface area contributed by atoms with E-state index in [1.165, 1.54) is 71.1 Å². The lowest BCUT2D eigenvalue weighted by Crippen LogP contribution is -1.94. The SMILES string of the molecule is CC.CCCc1ccc(Nc2ccc(-c3ccccc3)cc2)cc1C.c1ccc(-c2ccc(-c3ccc4sc5ccccc5c4c3)cc2)cc1. The Morgan fingerprint density at radius 3 is 1.52 bits per heavy atom. The Labute approximate surface area is 301 Å². The normalized spacial score (nSPS) is 10.6. The lowest BCUT2D eigenvalue weighted by Gasteiger charge is -2.11. The van der Waals surface area contributed by atoms with Gasteiger partial charge in [-0.15, -0.1) is 11.3 Å². The van der Waals surface area contributed by atoms with Gasteiger partial charge in [-0.3, -0.25) is 0 Å². The van der Waals surface area contributed by atoms with Crippen molar-refractivity contribution in [1.29, 1.82) is 0 Å². The van der Waals surface area contributed by atoms with Crippen molar-refractivity contribution >= 4 is 42.9 Å². The number of nitrogens with one attached hydrogen (secondary N) is 1. The fourth-order valence-electron chi connectivity index (χ4n) is 6.26. The van der Waals surface area contributed by atoms with E-state index in [-0.39, 0.29) is 0 Å². The monoisotopic (exact) mass is 667 g/mol. The molecule has 1 nitrogen and oxygen atoms in total. The van der Waals surface area contributed by atoms with Crippen molar-refractivity contribution in [1.82, 2.24) is 0 Å². The number of benzene rings is 7. The average molecular weight is 668 g/mol. The Balaban J connectivity index is 0.000000166. The number of anilines is 2. The molecule has 248 valence electrons. The van der Waals surface area contributed by atoms with Gasteiger partial charge in [0.15, 0.2) is 0 Å². The van der Waals surface area contributed by atoms with Gasteiger partial charge in [0.2, 0.25) is 0 Å². The molecule has 0 radical (unpaired) electrons. The molecule has 50 heavy (non-hydrogen) atoms. The van der Waals surface area contributed by atoms with Gasteiger partial charge in [0.05, 0.1) is 0 Å². The average Bonchev–Trinajstić information content (AvgIpc) is 3.56. The summed E-state index contributed by atoms with van der Waals surface area (Å²) in [6, 6.07) is 60.5. The molecule has 8 aromatic rings. The van der Waals surface area contributed by atoms with Crippen LogP contribution in [0.1, 0.15) is 38.3 Å². The zero-order chi connectivity index (χ0) is 34.7. The quantitative estimate of drug-likeness (QED) is 0.178. The summed E-state index contributed by atoms with van der Waals surface area (Å²) in [6.07, 6.45) is 2.34. The molecule has 8 rings (SSSR count). The summed E-state index contributed by atoms with van der Waals surface area (Å²) >= 11 is 1.87. The van der Waals surface area contributed by atoms with Crippen LogP contribution in [-0.4, -0.2) is 0 Å². The number of hydrogen-bond acceptors (Lipinski definition) is 2. The largest absolute Gasteiger partial charge is 0.356 e. The summed E-state index contributed by atoms with van der Waals surface area (Å²) in [5.74, 6) is 0. The lowest BCUT2D eigenvalue weighted by atomic mass is 9.99. The number of fused-ring (bicyclic) bond motifs is 3. The van der Waals surface area contributed by atoms with Crippen LogP contribution in [0, 0.1) is 6.92 Å². The zero-order valence-electron chi connectivity index (χ0n) is 29.5. The topological polar surface area (TPSA) is 12.0 Å². The van der Waals surface area contributed by atoms with Crippen LogP contribution in [0.3, 0.4) is 0 Å². The molecule has 1 N–H and O–H groups in total. The van der Waals surface area contributed by atoms with E-state index < -0.39 is 0 Å². The second kappa shape index (κ2) is 16.8. The van der Waals surface area contributed by atoms with Crippen molar-refractivity contribution in [3.8, 4) is 33.4 Å². The highest BCUT2D eigenvalue weighted by Crippen LogP contribution is 2.36. The van der Waals surface area contributed by atoms with E-state index >= 15 is 0 Å². The van der Waals surface area contributed by atoms with E-state index in [0.29, 0.717) is 0 Å². The maximum Gasteiger partial charge on any atom is 0.0387 e. The van der Waals surface area contributed by atoms with Crippen molar-refractivity contribution in [2.75, 3.05) is 5.32 Å². The summed E-state index contributed by atoms with van der Waals surface area (Å²) in [4.78, 5) is 0. The van der Waals surface area contributed by atoms with E-state index in [1.807, 2.05) is 31.3 Å². The van der Waals surface area contributed by atoms with Gasteiger partial charge in [-0.1, -0.05) is 155 Å². The highest BCUT2D eigenvalue weighted by Gasteiger charge is 2.07. The van der Waals surface area contributed by atoms with Gasteiger partial charge >= 0.3 is 0 Å². The molecule has 0 atom stereocenters. The highest BCUT2D eigenvalue weighted by atomic mass is 32.1. The summed E-state index contributed by atoms with van der Waals surface area (Å²) in [5, 5.41) is 6.20. The van der Waals surface area contributed by atoms with E-state index in [4.69, 9.17) is 0 Å². The molecule has 0 aliphatic rings. The number of thiophene rings is 1. The summed E-state index contributed by atoms with van der Waals surface area (Å²) in [5.41, 5.74) is 12.6. The summed E-state index contributed by atoms with van der Waals surface area (Å²) < 4.78 is 2.71. The standard InChI is InChI=1S/C24H16S.C22H23N.C2H6/c1-2-6-17(7-3-1)18-10-12-19(13-11-18)20-14-15-24-22(16-20)21-8-4-5-9-23(21)25-24;1-3-7-18-10-15-22(16-17(18)2)23-21-13-11-20(12-14-21)19-8-5-4-6-9-19;1-2/h1-16H;4-6,8-16,23H,3,7H2,1-2H3;1-2H3. The minimum atomic E-state index is 1.12. The van der Waals surface area contributed by atoms with Crippen LogP contribution in [0.5, 0.6) is 0 Å². The molecular weight excluding hydrogens is 623 g/mol. The molecule has 0 saturated heterocycles. The first kappa shape index (κ1) is 34.4. The van der Waals surface area contributed by atoms with Gasteiger partial charge < -0.3 is 5.32 Å². The van der Waals surface area contributed by atoms with Crippen LogP contribution in [0.2, 0.25) is 0 Å². The van der Waals surface area contributed by atoms with Crippen molar-refractivity contribution in [2.24, 2.45) is 0 Å². The first-order valence-corrected chi connectivity index (χ1v) is 18.6. The smallest absolute Gasteiger partial charge is 0.0387 e. The Morgan fingerprint density at radius 1 is 0.440 bits per heavy atom. The molecule has 1 heterocycles. The van der Waals surface area contributed by atoms with Gasteiger partial charge in [0.25, 0.3) is 0 Å². The van der Waals surface area contributed by atoms with Gasteiger partial charge in [-0.2, -0.15) is 0 Å². The predicted octanol–water partition coefficient (Wildman–Crippen LogP) is 14.8. The minimum Gasteiger partial charge on any atom is -0.356 e. The van der Waals surface area contributed by atoms with E-state index in [2.05, 4.69) is 183 Å². The Morgan fingerprint density at radius 2 is 0.920 bits per heavy atom. The third-order valence-electron chi connectivity index (χ3n) is 8.84. The van der Waals surface area contributed by atoms with Crippen LogP contribution in [0.15, 0.2) is 170 Å². The molecule has 2 heteroatoms. The zero-order valence-corrected chi connectivity index (χ0v) is 30.3. The summed E-state index contributed by atoms with van der Waals surface area (Å²) in [6.45, 7) is 8.41. The van der Waals surface area contributed by atoms with E-state index in [1.54, 1.807) is 0 Å². The lowest BCUT2D eigenvalue weighted by molar-refractivity contribution is 0.913. The summed E-state index contributed by atoms with van der Waals surface area (Å²) in [7, 11) is 0. The van der Waals surface area contributed by atoms with E-state index in [9.17, 15) is 0 Å². The second-order valence-electron chi connectivity index (χ2n) is 12.2. The first-order valence-electron chi connectivity index (χ1n) is 17.7. The Bertz CT molecular complexity index is 2250. The molecule has 7 aromatic carbocycles. The van der Waals surface area contributed by atoms with Crippen LogP contribution < -0.4 is 5.32 Å². The van der Waals surface area contributed by atoms with Crippen LogP contribution in [0.4, 0.5) is 11.4 Å². The molecule has 0 spiro atoms. The second-order valence-corrected chi connectivity index (χ2v) is 13.3. The fourth-order valence-corrected chi connectivity index (χ4v) is 7.34. The molecule has 0 amide bonds. The highest BCUT2D eigenvalue weighted by molar-refractivity contribution is 7.25. The van der Waals surface area contributed by atoms with Gasteiger partial charge in [0, 0.05) is 31.5 Å². The fraction of sp³-hybridized carbons (Fsp3) is 0.125. The minimum absolute atomic E-state index is 1.12. The maximum absolute atomic E-state index is 3.49. The number of hydrogen-bond donors (Lipinski definition) is 1. The van der Waals surface area contributed by atoms with Gasteiger partial charge in [-0.05, 0) is 100 Å². The van der Waals surface area contributed by atoms with Gasteiger partial charge in [0.1, 0.15) is 0 Å². The van der Waals surface area contributed by atoms with Crippen molar-refractivity contribution in [3.05, 3.63) is 181 Å². The first-order chi connectivity index (χ1) is 24.6. The molecule has 0 saturated carbocycles. The molecule has 0 unspecified atom stereocenters. The van der Waals surface area contributed by atoms with Gasteiger partial charge in [-0.25, -0.2) is 0 Å². The van der Waals surface area contributed by atoms with E-state index in [0.717, 1.165) is 17.8 Å². The maximum atomic E-state index is 3.49. The third-order valence-corrected chi connectivity index (χ3v) is 10.00. The third kappa shape index (κ3) is 8.22. The molecular formula is C48H45NS. The van der Waals surface area contributed by atoms with Crippen molar-refractivity contribution < 1.29 is 0 Å². The van der Waals surface area contributed by atoms with Crippen LogP contribution >= 0.6 is 11.3 Å². The Hall–Kier alpha value is -5.44. The molecule has 0 bridgehead atoms. The molecule has 1 aromatic heterocycles. The molecule has 0 fully saturated rings. The molecule has 0 aliphatic heterocycles. The van der Waals surface area contributed by atoms with Crippen LogP contribution in [-0.2, 0) is 6.42 Å². The predicted molar refractivity (Wildman–Crippen MR) is 222 cm³/mol.